The van der Waals surface area contributed by atoms with Crippen LogP contribution in [0.4, 0.5) is 10.5 Å². The number of anilines is 1. The predicted molar refractivity (Wildman–Crippen MR) is 76.0 cm³/mol. The third-order valence-corrected chi connectivity index (χ3v) is 2.71. The van der Waals surface area contributed by atoms with Gasteiger partial charge in [-0.15, -0.1) is 0 Å². The number of nitrogens with zero attached hydrogens (tertiary/aromatic N) is 2. The molecule has 7 nitrogen and oxygen atoms in total. The van der Waals surface area contributed by atoms with Gasteiger partial charge in [0.15, 0.2) is 0 Å². The van der Waals surface area contributed by atoms with Gasteiger partial charge in [0.1, 0.15) is 0 Å². The molecular weight excluding hydrogens is 272 g/mol. The van der Waals surface area contributed by atoms with Gasteiger partial charge in [-0.25, -0.2) is 9.59 Å². The maximum absolute atomic E-state index is 11.8. The molecule has 0 atom stereocenters. The molecule has 7 heteroatoms. The summed E-state index contributed by atoms with van der Waals surface area (Å²) in [4.78, 5) is 22.9. The quantitative estimate of drug-likeness (QED) is 0.795. The van der Waals surface area contributed by atoms with Crippen LogP contribution in [0.1, 0.15) is 21.6 Å². The number of carboxylic acid groups (broad SMARTS) is 1. The lowest BCUT2D eigenvalue weighted by molar-refractivity contribution is 0.0698. The summed E-state index contributed by atoms with van der Waals surface area (Å²) in [5.41, 5.74) is 1.70. The zero-order valence-corrected chi connectivity index (χ0v) is 11.3. The van der Waals surface area contributed by atoms with Gasteiger partial charge in [-0.05, 0) is 31.2 Å². The van der Waals surface area contributed by atoms with Crippen molar-refractivity contribution in [2.24, 2.45) is 0 Å². The van der Waals surface area contributed by atoms with Crippen molar-refractivity contribution in [1.29, 1.82) is 0 Å². The molecule has 0 fully saturated rings. The van der Waals surface area contributed by atoms with Crippen molar-refractivity contribution in [3.63, 3.8) is 0 Å². The summed E-state index contributed by atoms with van der Waals surface area (Å²) < 4.78 is 0. The second-order valence-corrected chi connectivity index (χ2v) is 4.38. The summed E-state index contributed by atoms with van der Waals surface area (Å²) in [6, 6.07) is 7.71. The second-order valence-electron chi connectivity index (χ2n) is 4.38. The molecule has 21 heavy (non-hydrogen) atoms. The van der Waals surface area contributed by atoms with Crippen molar-refractivity contribution < 1.29 is 14.7 Å². The van der Waals surface area contributed by atoms with Gasteiger partial charge in [0.2, 0.25) is 0 Å². The van der Waals surface area contributed by atoms with Crippen LogP contribution in [0.5, 0.6) is 0 Å². The summed E-state index contributed by atoms with van der Waals surface area (Å²) in [5.74, 6) is -1.09. The summed E-state index contributed by atoms with van der Waals surface area (Å²) in [6.07, 6.45) is 1.54. The first kappa shape index (κ1) is 14.4. The van der Waals surface area contributed by atoms with Crippen LogP contribution < -0.4 is 10.6 Å². The molecule has 1 heterocycles. The molecule has 2 amide bonds. The highest BCUT2D eigenvalue weighted by Gasteiger charge is 2.12. The number of aromatic carboxylic acids is 1. The highest BCUT2D eigenvalue weighted by Crippen LogP contribution is 2.17. The number of carbonyl (C=O) groups excluding carboxylic acids is 1. The number of aromatic nitrogens is 2. The van der Waals surface area contributed by atoms with Gasteiger partial charge in [-0.2, -0.15) is 10.2 Å². The Morgan fingerprint density at radius 1 is 1.29 bits per heavy atom. The van der Waals surface area contributed by atoms with Crippen molar-refractivity contribution in [2.75, 3.05) is 5.32 Å². The highest BCUT2D eigenvalue weighted by atomic mass is 16.4. The molecule has 0 radical (unpaired) electrons. The number of rotatable bonds is 4. The lowest BCUT2D eigenvalue weighted by Crippen LogP contribution is -2.29. The van der Waals surface area contributed by atoms with E-state index < -0.39 is 12.0 Å². The van der Waals surface area contributed by atoms with Crippen LogP contribution in [-0.2, 0) is 6.54 Å². The number of urea groups is 1. The van der Waals surface area contributed by atoms with Gasteiger partial charge in [0, 0.05) is 6.20 Å². The third-order valence-electron chi connectivity index (χ3n) is 2.71. The van der Waals surface area contributed by atoms with Crippen LogP contribution in [0, 0.1) is 6.92 Å². The summed E-state index contributed by atoms with van der Waals surface area (Å²) in [5, 5.41) is 21.7. The van der Waals surface area contributed by atoms with Crippen molar-refractivity contribution in [3.8, 4) is 0 Å². The molecule has 0 aliphatic rings. The fraction of sp³-hybridized carbons (Fsp3) is 0.143. The minimum absolute atomic E-state index is 0.0460. The Labute approximate surface area is 121 Å². The average molecular weight is 286 g/mol. The van der Waals surface area contributed by atoms with E-state index in [2.05, 4.69) is 20.8 Å². The standard InChI is InChI=1S/C14H14N4O3/c1-9-4-5-12(11(7-9)13(19)20)17-14(21)15-8-10-3-2-6-16-18-10/h2-7H,8H2,1H3,(H,19,20)(H2,15,17,21). The monoisotopic (exact) mass is 286 g/mol. The number of aryl methyl sites for hydroxylation is 1. The Morgan fingerprint density at radius 2 is 2.10 bits per heavy atom. The van der Waals surface area contributed by atoms with Gasteiger partial charge >= 0.3 is 12.0 Å². The molecule has 0 spiro atoms. The average Bonchev–Trinajstić information content (AvgIpc) is 2.48. The Morgan fingerprint density at radius 3 is 2.76 bits per heavy atom. The van der Waals surface area contributed by atoms with Crippen LogP contribution in [-0.4, -0.2) is 27.3 Å². The number of benzene rings is 1. The Balaban J connectivity index is 2.01. The molecule has 0 saturated heterocycles. The van der Waals surface area contributed by atoms with Gasteiger partial charge in [-0.3, -0.25) is 0 Å². The SMILES string of the molecule is Cc1ccc(NC(=O)NCc2cccnn2)c(C(=O)O)c1. The Kier molecular flexibility index (Phi) is 4.45. The van der Waals surface area contributed by atoms with E-state index in [1.165, 1.54) is 12.3 Å². The van der Waals surface area contributed by atoms with Crippen molar-refractivity contribution in [2.45, 2.75) is 13.5 Å². The second kappa shape index (κ2) is 6.47. The van der Waals surface area contributed by atoms with E-state index >= 15 is 0 Å². The molecule has 2 aromatic rings. The number of nitrogens with one attached hydrogen (secondary N) is 2. The maximum Gasteiger partial charge on any atom is 0.337 e. The first-order chi connectivity index (χ1) is 10.1. The van der Waals surface area contributed by atoms with Gasteiger partial charge in [0.25, 0.3) is 0 Å². The van der Waals surface area contributed by atoms with Gasteiger partial charge in [-0.1, -0.05) is 11.6 Å². The number of hydrogen-bond donors (Lipinski definition) is 3. The third kappa shape index (κ3) is 4.00. The number of hydrogen-bond acceptors (Lipinski definition) is 4. The van der Waals surface area contributed by atoms with Crippen LogP contribution in [0.25, 0.3) is 0 Å². The molecule has 0 aliphatic carbocycles. The largest absolute Gasteiger partial charge is 0.478 e. The topological polar surface area (TPSA) is 104 Å². The summed E-state index contributed by atoms with van der Waals surface area (Å²) in [6.45, 7) is 1.98. The molecule has 3 N–H and O–H groups in total. The zero-order chi connectivity index (χ0) is 15.2. The minimum Gasteiger partial charge on any atom is -0.478 e. The predicted octanol–water partition coefficient (Wildman–Crippen LogP) is 1.80. The van der Waals surface area contributed by atoms with Gasteiger partial charge < -0.3 is 15.7 Å². The molecular formula is C14H14N4O3. The number of carbonyl (C=O) groups is 2. The van der Waals surface area contributed by atoms with Crippen molar-refractivity contribution in [3.05, 3.63) is 53.3 Å². The fourth-order valence-corrected chi connectivity index (χ4v) is 1.71. The van der Waals surface area contributed by atoms with Crippen LogP contribution in [0.2, 0.25) is 0 Å². The van der Waals surface area contributed by atoms with Crippen LogP contribution >= 0.6 is 0 Å². The van der Waals surface area contributed by atoms with Crippen LogP contribution in [0.3, 0.4) is 0 Å². The number of amides is 2. The van der Waals surface area contributed by atoms with Crippen molar-refractivity contribution >= 4 is 17.7 Å². The first-order valence-corrected chi connectivity index (χ1v) is 6.21. The smallest absolute Gasteiger partial charge is 0.337 e. The molecule has 1 aromatic carbocycles. The van der Waals surface area contributed by atoms with Gasteiger partial charge in [0.05, 0.1) is 23.5 Å². The van der Waals surface area contributed by atoms with E-state index in [4.69, 9.17) is 5.11 Å². The lowest BCUT2D eigenvalue weighted by atomic mass is 10.1. The zero-order valence-electron chi connectivity index (χ0n) is 11.3. The maximum atomic E-state index is 11.8. The summed E-state index contributed by atoms with van der Waals surface area (Å²) in [7, 11) is 0. The molecule has 2 rings (SSSR count). The normalized spacial score (nSPS) is 9.95. The summed E-state index contributed by atoms with van der Waals surface area (Å²) >= 11 is 0. The Bertz CT molecular complexity index is 659. The Hall–Kier alpha value is -2.96. The molecule has 0 bridgehead atoms. The van der Waals surface area contributed by atoms with E-state index in [1.54, 1.807) is 31.2 Å². The first-order valence-electron chi connectivity index (χ1n) is 6.21. The number of carboxylic acids is 1. The molecule has 1 aromatic heterocycles. The lowest BCUT2D eigenvalue weighted by Gasteiger charge is -2.10. The molecule has 0 aliphatic heterocycles. The van der Waals surface area contributed by atoms with Crippen LogP contribution in [0.15, 0.2) is 36.5 Å². The van der Waals surface area contributed by atoms with E-state index in [-0.39, 0.29) is 17.8 Å². The van der Waals surface area contributed by atoms with Crippen molar-refractivity contribution in [1.82, 2.24) is 15.5 Å². The molecule has 0 unspecified atom stereocenters. The van der Waals surface area contributed by atoms with E-state index in [1.807, 2.05) is 0 Å². The molecule has 0 saturated carbocycles. The van der Waals surface area contributed by atoms with E-state index in [9.17, 15) is 9.59 Å². The molecule has 108 valence electrons. The fourth-order valence-electron chi connectivity index (χ4n) is 1.71. The van der Waals surface area contributed by atoms with E-state index in [0.717, 1.165) is 5.56 Å². The van der Waals surface area contributed by atoms with E-state index in [0.29, 0.717) is 5.69 Å². The minimum atomic E-state index is -1.09. The highest BCUT2D eigenvalue weighted by molar-refractivity contribution is 6.00.